The molecule has 0 radical (unpaired) electrons. The minimum atomic E-state index is 0.759. The Hall–Kier alpha value is -2.43. The normalized spacial score (nSPS) is 11.2. The summed E-state index contributed by atoms with van der Waals surface area (Å²) in [5, 5.41) is 8.61. The van der Waals surface area contributed by atoms with E-state index in [0.717, 1.165) is 46.0 Å². The molecule has 0 saturated heterocycles. The lowest BCUT2D eigenvalue weighted by molar-refractivity contribution is 0.979. The maximum atomic E-state index is 5.98. The first-order valence-electron chi connectivity index (χ1n) is 6.67. The highest BCUT2D eigenvalue weighted by Gasteiger charge is 2.13. The van der Waals surface area contributed by atoms with Crippen molar-refractivity contribution in [1.82, 2.24) is 19.6 Å². The monoisotopic (exact) mass is 267 g/mol. The lowest BCUT2D eigenvalue weighted by Crippen LogP contribution is -1.99. The highest BCUT2D eigenvalue weighted by Crippen LogP contribution is 2.24. The summed E-state index contributed by atoms with van der Waals surface area (Å²) in [6.45, 7) is 6.08. The first-order valence-corrected chi connectivity index (χ1v) is 6.67. The lowest BCUT2D eigenvalue weighted by atomic mass is 10.1. The first kappa shape index (κ1) is 12.6. The van der Waals surface area contributed by atoms with Crippen LogP contribution in [-0.4, -0.2) is 19.6 Å². The van der Waals surface area contributed by atoms with Crippen LogP contribution in [0, 0.1) is 13.8 Å². The third-order valence-electron chi connectivity index (χ3n) is 3.66. The molecule has 1 aromatic carbocycles. The Labute approximate surface area is 117 Å². The molecule has 0 unspecified atom stereocenters. The van der Waals surface area contributed by atoms with Crippen molar-refractivity contribution in [1.29, 1.82) is 0 Å². The van der Waals surface area contributed by atoms with Crippen LogP contribution >= 0.6 is 0 Å². The molecule has 0 amide bonds. The van der Waals surface area contributed by atoms with Crippen molar-refractivity contribution in [2.75, 3.05) is 5.73 Å². The fraction of sp³-hybridized carbons (Fsp3) is 0.267. The molecular weight excluding hydrogens is 250 g/mol. The van der Waals surface area contributed by atoms with Gasteiger partial charge < -0.3 is 5.73 Å². The second-order valence-electron chi connectivity index (χ2n) is 4.95. The van der Waals surface area contributed by atoms with Crippen molar-refractivity contribution < 1.29 is 0 Å². The molecular formula is C15H17N5. The van der Waals surface area contributed by atoms with Crippen LogP contribution in [0.4, 0.5) is 5.69 Å². The Bertz CT molecular complexity index is 788. The lowest BCUT2D eigenvalue weighted by Gasteiger charge is -2.06. The van der Waals surface area contributed by atoms with E-state index in [2.05, 4.69) is 22.1 Å². The molecule has 0 atom stereocenters. The number of hydrogen-bond acceptors (Lipinski definition) is 4. The molecule has 5 nitrogen and oxygen atoms in total. The minimum absolute atomic E-state index is 0.759. The Balaban J connectivity index is 2.25. The van der Waals surface area contributed by atoms with Crippen LogP contribution < -0.4 is 5.73 Å². The number of nitrogen functional groups attached to an aromatic ring is 1. The van der Waals surface area contributed by atoms with Gasteiger partial charge in [-0.1, -0.05) is 19.1 Å². The Morgan fingerprint density at radius 1 is 1.20 bits per heavy atom. The third-order valence-corrected chi connectivity index (χ3v) is 3.66. The van der Waals surface area contributed by atoms with E-state index in [-0.39, 0.29) is 0 Å². The predicted molar refractivity (Wildman–Crippen MR) is 79.5 cm³/mol. The number of fused-ring (bicyclic) bond motifs is 1. The molecule has 20 heavy (non-hydrogen) atoms. The standard InChI is InChI=1S/C15H17N5/c1-4-12-10(3)17-8-20-14(18-19-15(12)20)11-6-5-9(2)13(16)7-11/h5-8H,4,16H2,1-3H3. The van der Waals surface area contributed by atoms with Gasteiger partial charge in [-0.25, -0.2) is 4.98 Å². The molecule has 5 heteroatoms. The number of rotatable bonds is 2. The van der Waals surface area contributed by atoms with Crippen LogP contribution in [0.15, 0.2) is 24.5 Å². The van der Waals surface area contributed by atoms with Gasteiger partial charge in [-0.15, -0.1) is 10.2 Å². The molecule has 0 bridgehead atoms. The van der Waals surface area contributed by atoms with Crippen LogP contribution in [0.3, 0.4) is 0 Å². The number of aryl methyl sites for hydroxylation is 3. The summed E-state index contributed by atoms with van der Waals surface area (Å²) in [6.07, 6.45) is 2.66. The number of hydrogen-bond donors (Lipinski definition) is 1. The van der Waals surface area contributed by atoms with E-state index in [9.17, 15) is 0 Å². The van der Waals surface area contributed by atoms with Crippen molar-refractivity contribution in [2.24, 2.45) is 0 Å². The summed E-state index contributed by atoms with van der Waals surface area (Å²) >= 11 is 0. The molecule has 0 aliphatic carbocycles. The zero-order valence-corrected chi connectivity index (χ0v) is 11.9. The second kappa shape index (κ2) is 4.59. The molecule has 0 aliphatic heterocycles. The molecule has 0 saturated carbocycles. The predicted octanol–water partition coefficient (Wildman–Crippen LogP) is 2.55. The van der Waals surface area contributed by atoms with Crippen molar-refractivity contribution in [2.45, 2.75) is 27.2 Å². The van der Waals surface area contributed by atoms with E-state index in [1.165, 1.54) is 0 Å². The number of aromatic nitrogens is 4. The Morgan fingerprint density at radius 2 is 2.00 bits per heavy atom. The van der Waals surface area contributed by atoms with E-state index in [0.29, 0.717) is 0 Å². The summed E-state index contributed by atoms with van der Waals surface area (Å²) in [7, 11) is 0. The zero-order chi connectivity index (χ0) is 14.3. The summed E-state index contributed by atoms with van der Waals surface area (Å²) in [5.41, 5.74) is 11.8. The molecule has 3 rings (SSSR count). The SMILES string of the molecule is CCc1c(C)ncn2c(-c3ccc(C)c(N)c3)nnc12. The Kier molecular flexibility index (Phi) is 2.89. The maximum absolute atomic E-state index is 5.98. The van der Waals surface area contributed by atoms with Crippen LogP contribution in [-0.2, 0) is 6.42 Å². The van der Waals surface area contributed by atoms with Crippen molar-refractivity contribution in [3.05, 3.63) is 41.3 Å². The van der Waals surface area contributed by atoms with E-state index in [1.807, 2.05) is 36.4 Å². The van der Waals surface area contributed by atoms with E-state index < -0.39 is 0 Å². The molecule has 2 aromatic heterocycles. The van der Waals surface area contributed by atoms with Crippen LogP contribution in [0.5, 0.6) is 0 Å². The van der Waals surface area contributed by atoms with Gasteiger partial charge in [0.15, 0.2) is 11.5 Å². The number of nitrogens with zero attached hydrogens (tertiary/aromatic N) is 4. The van der Waals surface area contributed by atoms with Gasteiger partial charge in [-0.05, 0) is 31.9 Å². The van der Waals surface area contributed by atoms with Gasteiger partial charge in [0.05, 0.1) is 0 Å². The largest absolute Gasteiger partial charge is 0.398 e. The first-order chi connectivity index (χ1) is 9.61. The maximum Gasteiger partial charge on any atom is 0.169 e. The van der Waals surface area contributed by atoms with Crippen LogP contribution in [0.25, 0.3) is 17.0 Å². The van der Waals surface area contributed by atoms with Crippen LogP contribution in [0.1, 0.15) is 23.7 Å². The summed E-state index contributed by atoms with van der Waals surface area (Å²) in [4.78, 5) is 4.43. The molecule has 3 aromatic rings. The van der Waals surface area contributed by atoms with E-state index >= 15 is 0 Å². The number of nitrogens with two attached hydrogens (primary N) is 1. The number of anilines is 1. The van der Waals surface area contributed by atoms with E-state index in [4.69, 9.17) is 5.73 Å². The summed E-state index contributed by atoms with van der Waals surface area (Å²) < 4.78 is 1.93. The van der Waals surface area contributed by atoms with E-state index in [1.54, 1.807) is 6.33 Å². The molecule has 2 N–H and O–H groups in total. The van der Waals surface area contributed by atoms with Gasteiger partial charge in [-0.2, -0.15) is 0 Å². The average Bonchev–Trinajstić information content (AvgIpc) is 2.85. The molecule has 0 fully saturated rings. The molecule has 0 aliphatic rings. The minimum Gasteiger partial charge on any atom is -0.398 e. The van der Waals surface area contributed by atoms with Gasteiger partial charge in [-0.3, -0.25) is 4.40 Å². The summed E-state index contributed by atoms with van der Waals surface area (Å²) in [6, 6.07) is 5.93. The third kappa shape index (κ3) is 1.82. The fourth-order valence-electron chi connectivity index (χ4n) is 2.38. The van der Waals surface area contributed by atoms with Gasteiger partial charge in [0.25, 0.3) is 0 Å². The molecule has 2 heterocycles. The number of benzene rings is 1. The van der Waals surface area contributed by atoms with Crippen molar-refractivity contribution in [3.63, 3.8) is 0 Å². The molecule has 0 spiro atoms. The Morgan fingerprint density at radius 3 is 2.70 bits per heavy atom. The highest BCUT2D eigenvalue weighted by atomic mass is 15.3. The topological polar surface area (TPSA) is 69.1 Å². The smallest absolute Gasteiger partial charge is 0.169 e. The van der Waals surface area contributed by atoms with Crippen molar-refractivity contribution >= 4 is 11.3 Å². The summed E-state index contributed by atoms with van der Waals surface area (Å²) in [5.74, 6) is 0.772. The van der Waals surface area contributed by atoms with Crippen molar-refractivity contribution in [3.8, 4) is 11.4 Å². The average molecular weight is 267 g/mol. The molecule has 102 valence electrons. The van der Waals surface area contributed by atoms with Crippen LogP contribution in [0.2, 0.25) is 0 Å². The van der Waals surface area contributed by atoms with Gasteiger partial charge in [0.2, 0.25) is 0 Å². The van der Waals surface area contributed by atoms with Gasteiger partial charge in [0, 0.05) is 22.5 Å². The fourth-order valence-corrected chi connectivity index (χ4v) is 2.38. The quantitative estimate of drug-likeness (QED) is 0.724. The highest BCUT2D eigenvalue weighted by molar-refractivity contribution is 5.66. The van der Waals surface area contributed by atoms with Gasteiger partial charge >= 0.3 is 0 Å². The zero-order valence-electron chi connectivity index (χ0n) is 11.9. The van der Waals surface area contributed by atoms with Gasteiger partial charge in [0.1, 0.15) is 6.33 Å². The second-order valence-corrected chi connectivity index (χ2v) is 4.95.